The van der Waals surface area contributed by atoms with Crippen molar-refractivity contribution in [1.82, 2.24) is 10.2 Å². The van der Waals surface area contributed by atoms with Crippen LogP contribution >= 0.6 is 0 Å². The van der Waals surface area contributed by atoms with E-state index in [0.29, 0.717) is 6.42 Å². The molecular formula is C13H23F3N2O2. The molecule has 0 aromatic heterocycles. The summed E-state index contributed by atoms with van der Waals surface area (Å²) in [6, 6.07) is -0.238. The van der Waals surface area contributed by atoms with Crippen LogP contribution in [0.3, 0.4) is 0 Å². The average molecular weight is 296 g/mol. The van der Waals surface area contributed by atoms with Crippen LogP contribution in [0.1, 0.15) is 26.7 Å². The summed E-state index contributed by atoms with van der Waals surface area (Å²) in [5.74, 6) is -0.832. The van der Waals surface area contributed by atoms with E-state index in [0.717, 1.165) is 0 Å². The van der Waals surface area contributed by atoms with Crippen molar-refractivity contribution in [2.45, 2.75) is 38.9 Å². The Bertz CT molecular complexity index is 328. The van der Waals surface area contributed by atoms with Crippen LogP contribution in [-0.4, -0.2) is 56.4 Å². The molecule has 0 aromatic rings. The van der Waals surface area contributed by atoms with Gasteiger partial charge in [0.05, 0.1) is 6.61 Å². The van der Waals surface area contributed by atoms with Gasteiger partial charge in [-0.1, -0.05) is 6.92 Å². The molecule has 1 amide bonds. The topological polar surface area (TPSA) is 41.6 Å². The van der Waals surface area contributed by atoms with Crippen LogP contribution in [0.5, 0.6) is 0 Å². The van der Waals surface area contributed by atoms with E-state index in [9.17, 15) is 18.0 Å². The highest BCUT2D eigenvalue weighted by Gasteiger charge is 2.62. The molecule has 0 spiro atoms. The molecule has 1 rings (SSSR count). The molecule has 1 aliphatic rings. The molecule has 7 heteroatoms. The number of hydrogen-bond acceptors (Lipinski definition) is 3. The minimum absolute atomic E-state index is 0.183. The molecule has 2 unspecified atom stereocenters. The first kappa shape index (κ1) is 17.2. The lowest BCUT2D eigenvalue weighted by Crippen LogP contribution is -2.56. The Morgan fingerprint density at radius 2 is 2.15 bits per heavy atom. The highest BCUT2D eigenvalue weighted by molar-refractivity contribution is 5.84. The lowest BCUT2D eigenvalue weighted by Gasteiger charge is -2.38. The van der Waals surface area contributed by atoms with Gasteiger partial charge in [0.2, 0.25) is 5.91 Å². The van der Waals surface area contributed by atoms with Gasteiger partial charge in [-0.3, -0.25) is 4.79 Å². The van der Waals surface area contributed by atoms with Crippen LogP contribution in [-0.2, 0) is 9.53 Å². The highest BCUT2D eigenvalue weighted by Crippen LogP contribution is 2.44. The summed E-state index contributed by atoms with van der Waals surface area (Å²) in [5.41, 5.74) is -2.29. The molecule has 1 N–H and O–H groups in total. The van der Waals surface area contributed by atoms with Crippen molar-refractivity contribution in [3.8, 4) is 0 Å². The van der Waals surface area contributed by atoms with E-state index >= 15 is 0 Å². The lowest BCUT2D eigenvalue weighted by molar-refractivity contribution is -0.223. The van der Waals surface area contributed by atoms with Crippen molar-refractivity contribution in [2.24, 2.45) is 5.41 Å². The van der Waals surface area contributed by atoms with Gasteiger partial charge >= 0.3 is 6.18 Å². The van der Waals surface area contributed by atoms with Crippen molar-refractivity contribution in [3.05, 3.63) is 0 Å². The number of alkyl halides is 3. The second-order valence-electron chi connectivity index (χ2n) is 5.26. The molecule has 118 valence electrons. The molecule has 0 saturated carbocycles. The van der Waals surface area contributed by atoms with Crippen molar-refractivity contribution in [1.29, 1.82) is 0 Å². The van der Waals surface area contributed by atoms with Gasteiger partial charge in [-0.2, -0.15) is 13.2 Å². The third-order valence-corrected chi connectivity index (χ3v) is 4.03. The smallest absolute Gasteiger partial charge is 0.383 e. The van der Waals surface area contributed by atoms with E-state index in [4.69, 9.17) is 4.74 Å². The summed E-state index contributed by atoms with van der Waals surface area (Å²) in [7, 11) is 1.47. The largest absolute Gasteiger partial charge is 0.404 e. The summed E-state index contributed by atoms with van der Waals surface area (Å²) >= 11 is 0. The predicted molar refractivity (Wildman–Crippen MR) is 69.3 cm³/mol. The summed E-state index contributed by atoms with van der Waals surface area (Å²) in [5, 5.41) is 2.67. The first-order chi connectivity index (χ1) is 9.30. The number of nitrogens with zero attached hydrogens (tertiary/aromatic N) is 1. The first-order valence-corrected chi connectivity index (χ1v) is 6.87. The normalized spacial score (nSPS) is 24.7. The van der Waals surface area contributed by atoms with Gasteiger partial charge < -0.3 is 15.0 Å². The Kier molecular flexibility index (Phi) is 5.82. The Morgan fingerprint density at radius 1 is 1.50 bits per heavy atom. The van der Waals surface area contributed by atoms with E-state index in [1.54, 1.807) is 6.92 Å². The average Bonchev–Trinajstić information content (AvgIpc) is 2.88. The Morgan fingerprint density at radius 3 is 2.55 bits per heavy atom. The molecule has 20 heavy (non-hydrogen) atoms. The van der Waals surface area contributed by atoms with Crippen LogP contribution in [0.15, 0.2) is 0 Å². The molecule has 1 saturated heterocycles. The monoisotopic (exact) mass is 296 g/mol. The van der Waals surface area contributed by atoms with E-state index in [-0.39, 0.29) is 38.7 Å². The highest BCUT2D eigenvalue weighted by atomic mass is 19.4. The number of amides is 1. The van der Waals surface area contributed by atoms with Crippen molar-refractivity contribution < 1.29 is 22.7 Å². The van der Waals surface area contributed by atoms with Gasteiger partial charge in [0.15, 0.2) is 5.41 Å². The van der Waals surface area contributed by atoms with Crippen LogP contribution < -0.4 is 5.32 Å². The van der Waals surface area contributed by atoms with Gasteiger partial charge in [-0.25, -0.2) is 0 Å². The standard InChI is InChI=1S/C13H23F3N2O2/c1-4-10(2)18(7-8-20-3)11(19)12(13(14,15)16)5-6-17-9-12/h10,17H,4-9H2,1-3H3. The van der Waals surface area contributed by atoms with Gasteiger partial charge in [0.1, 0.15) is 0 Å². The maximum absolute atomic E-state index is 13.4. The fourth-order valence-electron chi connectivity index (χ4n) is 2.44. The fraction of sp³-hybridized carbons (Fsp3) is 0.923. The molecule has 1 heterocycles. The van der Waals surface area contributed by atoms with Crippen molar-refractivity contribution >= 4 is 5.91 Å². The Balaban J connectivity index is 3.01. The number of nitrogens with one attached hydrogen (secondary N) is 1. The maximum atomic E-state index is 13.4. The maximum Gasteiger partial charge on any atom is 0.404 e. The minimum atomic E-state index is -4.54. The molecule has 0 aromatic carbocycles. The zero-order chi connectivity index (χ0) is 15.4. The van der Waals surface area contributed by atoms with E-state index in [2.05, 4.69) is 5.32 Å². The molecule has 1 aliphatic heterocycles. The molecule has 2 atom stereocenters. The summed E-state index contributed by atoms with van der Waals surface area (Å²) in [4.78, 5) is 13.8. The van der Waals surface area contributed by atoms with Crippen molar-refractivity contribution in [2.75, 3.05) is 33.4 Å². The van der Waals surface area contributed by atoms with Crippen LogP contribution in [0, 0.1) is 5.41 Å². The zero-order valence-corrected chi connectivity index (χ0v) is 12.2. The molecule has 0 radical (unpaired) electrons. The summed E-state index contributed by atoms with van der Waals surface area (Å²) in [6.45, 7) is 3.91. The Labute approximate surface area is 117 Å². The SMILES string of the molecule is CCC(C)N(CCOC)C(=O)C1(C(F)(F)F)CCNC1. The lowest BCUT2D eigenvalue weighted by atomic mass is 9.84. The molecule has 0 aliphatic carbocycles. The van der Waals surface area contributed by atoms with Gasteiger partial charge in [-0.05, 0) is 26.3 Å². The summed E-state index contributed by atoms with van der Waals surface area (Å²) in [6.07, 6.45) is -4.13. The van der Waals surface area contributed by atoms with Crippen LogP contribution in [0.4, 0.5) is 13.2 Å². The number of methoxy groups -OCH3 is 1. The van der Waals surface area contributed by atoms with Gasteiger partial charge in [0.25, 0.3) is 0 Å². The third kappa shape index (κ3) is 3.25. The minimum Gasteiger partial charge on any atom is -0.383 e. The number of ether oxygens (including phenoxy) is 1. The molecule has 4 nitrogen and oxygen atoms in total. The number of halogens is 3. The number of carbonyl (C=O) groups excluding carboxylic acids is 1. The second-order valence-corrected chi connectivity index (χ2v) is 5.26. The van der Waals surface area contributed by atoms with Crippen LogP contribution in [0.2, 0.25) is 0 Å². The van der Waals surface area contributed by atoms with Gasteiger partial charge in [0, 0.05) is 26.2 Å². The van der Waals surface area contributed by atoms with E-state index in [1.165, 1.54) is 12.0 Å². The van der Waals surface area contributed by atoms with E-state index in [1.807, 2.05) is 6.92 Å². The Hall–Kier alpha value is -0.820. The van der Waals surface area contributed by atoms with Gasteiger partial charge in [-0.15, -0.1) is 0 Å². The molecule has 1 fully saturated rings. The van der Waals surface area contributed by atoms with Crippen molar-refractivity contribution in [3.63, 3.8) is 0 Å². The quantitative estimate of drug-likeness (QED) is 0.812. The number of rotatable bonds is 6. The van der Waals surface area contributed by atoms with E-state index < -0.39 is 17.5 Å². The first-order valence-electron chi connectivity index (χ1n) is 6.87. The molecule has 0 bridgehead atoms. The fourth-order valence-corrected chi connectivity index (χ4v) is 2.44. The number of carbonyl (C=O) groups is 1. The number of hydrogen-bond donors (Lipinski definition) is 1. The second kappa shape index (κ2) is 6.76. The van der Waals surface area contributed by atoms with Crippen LogP contribution in [0.25, 0.3) is 0 Å². The summed E-state index contributed by atoms with van der Waals surface area (Å²) < 4.78 is 45.1. The zero-order valence-electron chi connectivity index (χ0n) is 12.2. The molecular weight excluding hydrogens is 273 g/mol. The predicted octanol–water partition coefficient (Wildman–Crippen LogP) is 1.80. The third-order valence-electron chi connectivity index (χ3n) is 4.03.